The van der Waals surface area contributed by atoms with Crippen molar-refractivity contribution in [2.45, 2.75) is 58.7 Å². The Kier molecular flexibility index (Phi) is 7.69. The number of piperidine rings is 1. The highest BCUT2D eigenvalue weighted by atomic mass is 32.2. The molecular weight excluding hydrogens is 458 g/mol. The van der Waals surface area contributed by atoms with Crippen molar-refractivity contribution in [2.24, 2.45) is 0 Å². The van der Waals surface area contributed by atoms with E-state index in [9.17, 15) is 5.26 Å². The molecule has 4 heterocycles. The normalized spacial score (nSPS) is 15.2. The summed E-state index contributed by atoms with van der Waals surface area (Å²) in [5.74, 6) is 0.544. The first-order valence-electron chi connectivity index (χ1n) is 11.9. The SMILES string of the molecule is CSN1CCC(Nc2ncc(C#N)c(-c3cnn(-c4ccc(CNC(C)(C)C)nc4C)c3)n2)CC1. The zero-order valence-electron chi connectivity index (χ0n) is 21.0. The molecule has 0 unspecified atom stereocenters. The molecule has 10 heteroatoms. The minimum atomic E-state index is 0.0285. The maximum Gasteiger partial charge on any atom is 0.223 e. The van der Waals surface area contributed by atoms with Crippen LogP contribution in [0.15, 0.2) is 30.7 Å². The van der Waals surface area contributed by atoms with Crippen molar-refractivity contribution in [3.63, 3.8) is 0 Å². The van der Waals surface area contributed by atoms with Crippen LogP contribution in [-0.4, -0.2) is 60.0 Å². The van der Waals surface area contributed by atoms with E-state index in [1.165, 1.54) is 0 Å². The number of nitriles is 1. The van der Waals surface area contributed by atoms with Gasteiger partial charge in [0.1, 0.15) is 6.07 Å². The third-order valence-electron chi connectivity index (χ3n) is 5.97. The topological polar surface area (TPSA) is 108 Å². The van der Waals surface area contributed by atoms with Crippen molar-refractivity contribution in [1.29, 1.82) is 5.26 Å². The van der Waals surface area contributed by atoms with E-state index in [1.807, 2.05) is 25.3 Å². The molecule has 0 aliphatic carbocycles. The lowest BCUT2D eigenvalue weighted by atomic mass is 10.1. The fourth-order valence-corrected chi connectivity index (χ4v) is 4.57. The van der Waals surface area contributed by atoms with Crippen molar-refractivity contribution in [1.82, 2.24) is 34.4 Å². The van der Waals surface area contributed by atoms with Gasteiger partial charge in [-0.15, -0.1) is 0 Å². The molecule has 0 aromatic carbocycles. The van der Waals surface area contributed by atoms with Crippen molar-refractivity contribution < 1.29 is 0 Å². The minimum absolute atomic E-state index is 0.0285. The average molecular weight is 492 g/mol. The molecule has 1 fully saturated rings. The molecule has 0 amide bonds. The van der Waals surface area contributed by atoms with Crippen LogP contribution >= 0.6 is 11.9 Å². The van der Waals surface area contributed by atoms with Crippen molar-refractivity contribution in [3.05, 3.63) is 47.7 Å². The van der Waals surface area contributed by atoms with Gasteiger partial charge in [-0.2, -0.15) is 10.4 Å². The van der Waals surface area contributed by atoms with Crippen LogP contribution in [0, 0.1) is 18.3 Å². The monoisotopic (exact) mass is 491 g/mol. The minimum Gasteiger partial charge on any atom is -0.351 e. The van der Waals surface area contributed by atoms with Gasteiger partial charge in [0.25, 0.3) is 0 Å². The first-order valence-corrected chi connectivity index (χ1v) is 13.0. The van der Waals surface area contributed by atoms with E-state index in [0.29, 0.717) is 29.8 Å². The van der Waals surface area contributed by atoms with Gasteiger partial charge in [0.05, 0.1) is 40.7 Å². The van der Waals surface area contributed by atoms with Gasteiger partial charge in [-0.05, 0) is 58.9 Å². The van der Waals surface area contributed by atoms with Gasteiger partial charge in [0.2, 0.25) is 5.95 Å². The largest absolute Gasteiger partial charge is 0.351 e. The molecule has 184 valence electrons. The number of anilines is 1. The lowest BCUT2D eigenvalue weighted by Gasteiger charge is -2.30. The Hall–Kier alpha value is -3.00. The van der Waals surface area contributed by atoms with Crippen molar-refractivity contribution in [3.8, 4) is 23.0 Å². The van der Waals surface area contributed by atoms with Crippen LogP contribution in [0.25, 0.3) is 16.9 Å². The van der Waals surface area contributed by atoms with Crippen LogP contribution < -0.4 is 10.6 Å². The molecule has 1 saturated heterocycles. The molecule has 0 radical (unpaired) electrons. The highest BCUT2D eigenvalue weighted by molar-refractivity contribution is 7.96. The summed E-state index contributed by atoms with van der Waals surface area (Å²) in [5, 5.41) is 21.1. The second kappa shape index (κ2) is 10.7. The fourth-order valence-electron chi connectivity index (χ4n) is 4.00. The first-order chi connectivity index (χ1) is 16.8. The number of nitrogens with zero attached hydrogens (tertiary/aromatic N) is 7. The number of hydrogen-bond donors (Lipinski definition) is 2. The molecule has 9 nitrogen and oxygen atoms in total. The zero-order valence-corrected chi connectivity index (χ0v) is 21.9. The summed E-state index contributed by atoms with van der Waals surface area (Å²) in [6.07, 6.45) is 9.39. The quantitative estimate of drug-likeness (QED) is 0.475. The molecular formula is C25H33N9S. The molecule has 3 aromatic rings. The third-order valence-corrected chi connectivity index (χ3v) is 6.85. The molecule has 0 saturated carbocycles. The Bertz CT molecular complexity index is 1200. The van der Waals surface area contributed by atoms with Crippen LogP contribution in [0.3, 0.4) is 0 Å². The first kappa shape index (κ1) is 25.1. The molecule has 35 heavy (non-hydrogen) atoms. The van der Waals surface area contributed by atoms with Crippen LogP contribution in [-0.2, 0) is 6.54 Å². The summed E-state index contributed by atoms with van der Waals surface area (Å²) in [6.45, 7) is 11.2. The molecule has 0 atom stereocenters. The molecule has 1 aliphatic rings. The van der Waals surface area contributed by atoms with Crippen LogP contribution in [0.2, 0.25) is 0 Å². The number of pyridine rings is 1. The Labute approximate surface area is 211 Å². The summed E-state index contributed by atoms with van der Waals surface area (Å²) in [6, 6.07) is 6.57. The van der Waals surface area contributed by atoms with E-state index in [1.54, 1.807) is 29.0 Å². The molecule has 3 aromatic heterocycles. The van der Waals surface area contributed by atoms with E-state index < -0.39 is 0 Å². The van der Waals surface area contributed by atoms with Gasteiger partial charge in [0.15, 0.2) is 0 Å². The zero-order chi connectivity index (χ0) is 25.0. The Morgan fingerprint density at radius 2 is 1.94 bits per heavy atom. The van der Waals surface area contributed by atoms with Crippen molar-refractivity contribution in [2.75, 3.05) is 24.7 Å². The van der Waals surface area contributed by atoms with E-state index in [0.717, 1.165) is 48.6 Å². The molecule has 4 rings (SSSR count). The second-order valence-electron chi connectivity index (χ2n) is 9.78. The number of aromatic nitrogens is 5. The molecule has 1 aliphatic heterocycles. The fraction of sp³-hybridized carbons (Fsp3) is 0.480. The number of aryl methyl sites for hydroxylation is 1. The Morgan fingerprint density at radius 3 is 2.60 bits per heavy atom. The maximum absolute atomic E-state index is 9.65. The highest BCUT2D eigenvalue weighted by Crippen LogP contribution is 2.25. The van der Waals surface area contributed by atoms with E-state index in [4.69, 9.17) is 9.97 Å². The van der Waals surface area contributed by atoms with Crippen LogP contribution in [0.1, 0.15) is 50.6 Å². The summed E-state index contributed by atoms with van der Waals surface area (Å²) >= 11 is 1.79. The maximum atomic E-state index is 9.65. The van der Waals surface area contributed by atoms with Crippen LogP contribution in [0.5, 0.6) is 0 Å². The lowest BCUT2D eigenvalue weighted by molar-refractivity contribution is 0.358. The Morgan fingerprint density at radius 1 is 1.17 bits per heavy atom. The van der Waals surface area contributed by atoms with Gasteiger partial charge in [-0.25, -0.2) is 14.6 Å². The summed E-state index contributed by atoms with van der Waals surface area (Å²) in [5.41, 5.74) is 4.55. The molecule has 2 N–H and O–H groups in total. The van der Waals surface area contributed by atoms with Gasteiger partial charge >= 0.3 is 0 Å². The summed E-state index contributed by atoms with van der Waals surface area (Å²) in [4.78, 5) is 13.8. The lowest BCUT2D eigenvalue weighted by Crippen LogP contribution is -2.35. The van der Waals surface area contributed by atoms with Gasteiger partial charge < -0.3 is 10.6 Å². The van der Waals surface area contributed by atoms with Gasteiger partial charge in [-0.3, -0.25) is 9.29 Å². The molecule has 0 bridgehead atoms. The third kappa shape index (κ3) is 6.36. The predicted molar refractivity (Wildman–Crippen MR) is 140 cm³/mol. The average Bonchev–Trinajstić information content (AvgIpc) is 3.32. The number of rotatable bonds is 7. The standard InChI is InChI=1S/C25H33N9S/c1-17-22(7-6-21(30-17)15-28-25(2,3)4)34-16-19(14-29-34)23-18(12-26)13-27-24(32-23)31-20-8-10-33(35-5)11-9-20/h6-7,13-14,16,20,28H,8-11,15H2,1-5H3,(H,27,31,32). The summed E-state index contributed by atoms with van der Waals surface area (Å²) < 4.78 is 4.15. The Balaban J connectivity index is 1.53. The predicted octanol–water partition coefficient (Wildman–Crippen LogP) is 3.95. The van der Waals surface area contributed by atoms with Gasteiger partial charge in [-0.1, -0.05) is 11.9 Å². The van der Waals surface area contributed by atoms with E-state index in [2.05, 4.69) is 58.1 Å². The second-order valence-corrected chi connectivity index (χ2v) is 10.7. The highest BCUT2D eigenvalue weighted by Gasteiger charge is 2.20. The number of nitrogens with one attached hydrogen (secondary N) is 2. The number of hydrogen-bond acceptors (Lipinski definition) is 9. The van der Waals surface area contributed by atoms with E-state index >= 15 is 0 Å². The van der Waals surface area contributed by atoms with E-state index in [-0.39, 0.29) is 5.54 Å². The van der Waals surface area contributed by atoms with Gasteiger partial charge in [0, 0.05) is 43.0 Å². The van der Waals surface area contributed by atoms with Crippen molar-refractivity contribution >= 4 is 17.9 Å². The smallest absolute Gasteiger partial charge is 0.223 e. The summed E-state index contributed by atoms with van der Waals surface area (Å²) in [7, 11) is 0. The van der Waals surface area contributed by atoms with Crippen LogP contribution in [0.4, 0.5) is 5.95 Å². The molecule has 0 spiro atoms.